The van der Waals surface area contributed by atoms with E-state index in [-0.39, 0.29) is 18.5 Å². The molecular formula is C12H19BN4O7S. The van der Waals surface area contributed by atoms with Crippen LogP contribution in [0.2, 0.25) is 0 Å². The van der Waals surface area contributed by atoms with E-state index in [0.29, 0.717) is 31.9 Å². The van der Waals surface area contributed by atoms with E-state index in [1.807, 2.05) is 4.81 Å². The van der Waals surface area contributed by atoms with E-state index in [4.69, 9.17) is 4.55 Å². The average molecular weight is 374 g/mol. The van der Waals surface area contributed by atoms with E-state index < -0.39 is 28.5 Å². The minimum absolute atomic E-state index is 0.0898. The van der Waals surface area contributed by atoms with Crippen LogP contribution in [0.25, 0.3) is 0 Å². The number of urea groups is 1. The monoisotopic (exact) mass is 374 g/mol. The van der Waals surface area contributed by atoms with Crippen LogP contribution in [0, 0.1) is 0 Å². The maximum Gasteiger partial charge on any atom is 0.418 e. The average Bonchev–Trinajstić information content (AvgIpc) is 3.06. The maximum atomic E-state index is 12.5. The van der Waals surface area contributed by atoms with Crippen LogP contribution in [0.15, 0.2) is 0 Å². The molecule has 3 rings (SSSR count). The van der Waals surface area contributed by atoms with Crippen molar-refractivity contribution in [2.75, 3.05) is 19.6 Å². The molecule has 3 amide bonds. The molecule has 2 bridgehead atoms. The lowest BCUT2D eigenvalue weighted by Gasteiger charge is -2.30. The van der Waals surface area contributed by atoms with Gasteiger partial charge in [-0.2, -0.15) is 13.5 Å². The Morgan fingerprint density at radius 1 is 1.32 bits per heavy atom. The highest BCUT2D eigenvalue weighted by atomic mass is 32.3. The molecule has 0 unspecified atom stereocenters. The van der Waals surface area contributed by atoms with Gasteiger partial charge in [0.2, 0.25) is 5.91 Å². The molecule has 0 aliphatic carbocycles. The minimum Gasteiger partial charge on any atom is -0.350 e. The summed E-state index contributed by atoms with van der Waals surface area (Å²) in [6.07, 6.45) is 2.30. The summed E-state index contributed by atoms with van der Waals surface area (Å²) < 4.78 is 34.8. The molecule has 0 saturated carbocycles. The molecule has 3 heterocycles. The second-order valence-corrected chi connectivity index (χ2v) is 7.43. The van der Waals surface area contributed by atoms with Crippen molar-refractivity contribution in [3.05, 3.63) is 0 Å². The molecule has 2 N–H and O–H groups in total. The molecule has 3 aliphatic rings. The highest BCUT2D eigenvalue weighted by Crippen LogP contribution is 2.30. The van der Waals surface area contributed by atoms with Crippen molar-refractivity contribution in [1.82, 2.24) is 20.1 Å². The first-order chi connectivity index (χ1) is 11.8. The number of hydrogen-bond acceptors (Lipinski definition) is 7. The highest BCUT2D eigenvalue weighted by molar-refractivity contribution is 7.80. The van der Waals surface area contributed by atoms with Crippen LogP contribution in [0.4, 0.5) is 4.79 Å². The van der Waals surface area contributed by atoms with Gasteiger partial charge in [0.15, 0.2) is 0 Å². The zero-order valence-corrected chi connectivity index (χ0v) is 14.2. The summed E-state index contributed by atoms with van der Waals surface area (Å²) >= 11 is 0. The smallest absolute Gasteiger partial charge is 0.350 e. The van der Waals surface area contributed by atoms with Gasteiger partial charge in [-0.3, -0.25) is 9.35 Å². The van der Waals surface area contributed by atoms with Crippen LogP contribution < -0.4 is 5.32 Å². The van der Waals surface area contributed by atoms with Crippen LogP contribution in [0.5, 0.6) is 0 Å². The van der Waals surface area contributed by atoms with Gasteiger partial charge in [0.05, 0.1) is 12.2 Å². The number of nitrogens with one attached hydrogen (secondary N) is 1. The van der Waals surface area contributed by atoms with Gasteiger partial charge in [-0.25, -0.2) is 4.79 Å². The third kappa shape index (κ3) is 3.94. The second kappa shape index (κ2) is 6.90. The van der Waals surface area contributed by atoms with Crippen molar-refractivity contribution < 1.29 is 31.6 Å². The predicted octanol–water partition coefficient (Wildman–Crippen LogP) is -2.28. The minimum atomic E-state index is -4.80. The van der Waals surface area contributed by atoms with Gasteiger partial charge in [0, 0.05) is 19.1 Å². The Bertz CT molecular complexity index is 674. The summed E-state index contributed by atoms with van der Waals surface area (Å²) in [7, 11) is -4.48. The zero-order chi connectivity index (χ0) is 18.2. The van der Waals surface area contributed by atoms with Gasteiger partial charge in [-0.15, -0.1) is 4.28 Å². The molecule has 138 valence electrons. The fourth-order valence-electron chi connectivity index (χ4n) is 3.62. The first-order valence-electron chi connectivity index (χ1n) is 8.01. The molecule has 3 fully saturated rings. The van der Waals surface area contributed by atoms with Crippen LogP contribution in [-0.2, 0) is 24.3 Å². The summed E-state index contributed by atoms with van der Waals surface area (Å²) in [5, 5.41) is 3.50. The normalized spacial score (nSPS) is 29.8. The number of carbonyl (C=O) groups excluding carboxylic acids is 3. The molecule has 0 aromatic rings. The summed E-state index contributed by atoms with van der Waals surface area (Å²) in [5.41, 5.74) is 0. The second-order valence-electron chi connectivity index (χ2n) is 6.43. The number of hydroxylamine groups is 2. The third-order valence-electron chi connectivity index (χ3n) is 4.75. The predicted molar refractivity (Wildman–Crippen MR) is 85.4 cm³/mol. The first-order valence-corrected chi connectivity index (χ1v) is 9.38. The molecule has 13 heteroatoms. The lowest BCUT2D eigenvalue weighted by molar-refractivity contribution is -0.126. The van der Waals surface area contributed by atoms with Crippen molar-refractivity contribution in [3.8, 4) is 0 Å². The molecule has 3 aliphatic heterocycles. The summed E-state index contributed by atoms with van der Waals surface area (Å²) in [4.78, 5) is 38.5. The van der Waals surface area contributed by atoms with E-state index in [2.05, 4.69) is 9.60 Å². The van der Waals surface area contributed by atoms with E-state index in [0.717, 1.165) is 19.2 Å². The van der Waals surface area contributed by atoms with Crippen LogP contribution >= 0.6 is 0 Å². The maximum absolute atomic E-state index is 12.5. The molecule has 0 aromatic heterocycles. The van der Waals surface area contributed by atoms with E-state index in [1.54, 1.807) is 0 Å². The largest absolute Gasteiger partial charge is 0.418 e. The fourth-order valence-corrected chi connectivity index (χ4v) is 4.01. The Balaban J connectivity index is 1.60. The quantitative estimate of drug-likeness (QED) is 0.302. The molecule has 0 spiro atoms. The number of nitrogens with zero attached hydrogens (tertiary/aromatic N) is 3. The topological polar surface area (TPSA) is 137 Å². The van der Waals surface area contributed by atoms with Crippen LogP contribution in [0.1, 0.15) is 19.3 Å². The standard InChI is InChI=1S/C12H19BN4O7S/c18-7-13-15-4-3-8(5-15)14-11(19)10-2-1-9-6-16(10)12(20)17(9)24-25(21,22)23/h7-10,13H,1-6H2,(H,14,19)(H,21,22,23)/t8-,9+,10-/m0/s1. The van der Waals surface area contributed by atoms with E-state index in [9.17, 15) is 22.8 Å². The van der Waals surface area contributed by atoms with Crippen molar-refractivity contribution in [2.24, 2.45) is 0 Å². The third-order valence-corrected chi connectivity index (χ3v) is 5.10. The van der Waals surface area contributed by atoms with Crippen molar-refractivity contribution in [3.63, 3.8) is 0 Å². The van der Waals surface area contributed by atoms with Crippen LogP contribution in [0.3, 0.4) is 0 Å². The lowest BCUT2D eigenvalue weighted by atomic mass is 9.96. The SMILES string of the molecule is O=CBN1CC[C@H](NC(=O)[C@@H]2CC[C@@H]3CN2C(=O)N3OS(=O)(=O)O)C1. The number of hydrogen-bond donors (Lipinski definition) is 2. The Hall–Kier alpha value is -1.70. The van der Waals surface area contributed by atoms with Gasteiger partial charge in [-0.1, -0.05) is 0 Å². The van der Waals surface area contributed by atoms with Gasteiger partial charge >= 0.3 is 16.4 Å². The Labute approximate surface area is 145 Å². The molecule has 0 radical (unpaired) electrons. The lowest BCUT2D eigenvalue weighted by Crippen LogP contribution is -2.52. The number of piperidine rings is 1. The zero-order valence-electron chi connectivity index (χ0n) is 13.4. The number of amides is 3. The van der Waals surface area contributed by atoms with Gasteiger partial charge in [0.1, 0.15) is 6.04 Å². The molecule has 11 nitrogen and oxygen atoms in total. The fraction of sp³-hybridized carbons (Fsp3) is 0.750. The number of carbonyl (C=O) groups is 3. The Morgan fingerprint density at radius 3 is 2.76 bits per heavy atom. The molecule has 0 aromatic carbocycles. The highest BCUT2D eigenvalue weighted by Gasteiger charge is 2.49. The Kier molecular flexibility index (Phi) is 5.00. The Morgan fingerprint density at radius 2 is 2.08 bits per heavy atom. The summed E-state index contributed by atoms with van der Waals surface area (Å²) in [6.45, 7) is 1.45. The number of rotatable bonds is 6. The summed E-state index contributed by atoms with van der Waals surface area (Å²) in [6, 6.07) is -2.07. The van der Waals surface area contributed by atoms with Crippen molar-refractivity contribution in [1.29, 1.82) is 0 Å². The van der Waals surface area contributed by atoms with E-state index in [1.165, 1.54) is 4.90 Å². The van der Waals surface area contributed by atoms with Gasteiger partial charge < -0.3 is 19.8 Å². The van der Waals surface area contributed by atoms with Gasteiger partial charge in [-0.05, 0) is 25.8 Å². The summed E-state index contributed by atoms with van der Waals surface area (Å²) in [5.74, 6) is -0.307. The molecule has 3 atom stereocenters. The molecule has 25 heavy (non-hydrogen) atoms. The van der Waals surface area contributed by atoms with Gasteiger partial charge in [0.25, 0.3) is 7.41 Å². The van der Waals surface area contributed by atoms with Crippen molar-refractivity contribution in [2.45, 2.75) is 37.4 Å². The molecular weight excluding hydrogens is 355 g/mol. The van der Waals surface area contributed by atoms with Crippen LogP contribution in [-0.4, -0.2) is 91.0 Å². The number of fused-ring (bicyclic) bond motifs is 2. The molecule has 3 saturated heterocycles. The van der Waals surface area contributed by atoms with Crippen molar-refractivity contribution >= 4 is 35.9 Å². The van der Waals surface area contributed by atoms with E-state index >= 15 is 0 Å². The first kappa shape index (κ1) is 18.1.